The Morgan fingerprint density at radius 3 is 2.00 bits per heavy atom. The summed E-state index contributed by atoms with van der Waals surface area (Å²) >= 11 is 0. The summed E-state index contributed by atoms with van der Waals surface area (Å²) in [6.45, 7) is 17.6. The molecule has 2 atom stereocenters. The van der Waals surface area contributed by atoms with Crippen molar-refractivity contribution in [2.75, 3.05) is 19.8 Å². The van der Waals surface area contributed by atoms with E-state index in [1.807, 2.05) is 50.2 Å². The zero-order chi connectivity index (χ0) is 27.5. The van der Waals surface area contributed by atoms with Crippen LogP contribution in [-0.2, 0) is 20.6 Å². The fourth-order valence-electron chi connectivity index (χ4n) is 4.41. The van der Waals surface area contributed by atoms with Crippen LogP contribution in [-0.4, -0.2) is 54.4 Å². The minimum atomic E-state index is -0.608. The van der Waals surface area contributed by atoms with Crippen LogP contribution in [0.25, 0.3) is 0 Å². The van der Waals surface area contributed by atoms with Gasteiger partial charge in [0.15, 0.2) is 0 Å². The maximum absolute atomic E-state index is 10.2. The molecule has 0 fully saturated rings. The van der Waals surface area contributed by atoms with E-state index < -0.39 is 16.6 Å². The number of aryl methyl sites for hydroxylation is 1. The van der Waals surface area contributed by atoms with Crippen LogP contribution in [0, 0.1) is 5.41 Å². The lowest BCUT2D eigenvalue weighted by molar-refractivity contribution is -0.208. The van der Waals surface area contributed by atoms with Crippen molar-refractivity contribution in [2.45, 2.75) is 104 Å². The van der Waals surface area contributed by atoms with E-state index in [9.17, 15) is 5.11 Å². The highest BCUT2D eigenvalue weighted by atomic mass is 16.6. The van der Waals surface area contributed by atoms with Gasteiger partial charge < -0.3 is 24.1 Å². The molecular formula is C32H50O5. The molecule has 5 heteroatoms. The zero-order valence-electron chi connectivity index (χ0n) is 24.3. The standard InChI is InChI=1S/C32H50O5/c1-25(2)36-29(24-34-27-19-13-10-14-20-27)31(5,6)32(7,8)37-28(23-33)22-30(3,4)35-21-15-18-26-16-11-9-12-17-26/h9-14,16-17,19-20,25,28-29,33H,15,18,21-24H2,1-8H3. The molecule has 1 N–H and O–H groups in total. The fourth-order valence-corrected chi connectivity index (χ4v) is 4.41. The van der Waals surface area contributed by atoms with Gasteiger partial charge in [-0.2, -0.15) is 0 Å². The normalized spacial score (nSPS) is 14.5. The van der Waals surface area contributed by atoms with Gasteiger partial charge in [0.25, 0.3) is 0 Å². The highest BCUT2D eigenvalue weighted by Gasteiger charge is 2.47. The Hall–Kier alpha value is -1.92. The molecule has 0 aromatic heterocycles. The zero-order valence-corrected chi connectivity index (χ0v) is 24.3. The smallest absolute Gasteiger partial charge is 0.119 e. The van der Waals surface area contributed by atoms with Crippen LogP contribution in [0.15, 0.2) is 60.7 Å². The van der Waals surface area contributed by atoms with E-state index in [1.54, 1.807) is 0 Å². The topological polar surface area (TPSA) is 57.2 Å². The summed E-state index contributed by atoms with van der Waals surface area (Å²) in [6.07, 6.45) is 1.98. The van der Waals surface area contributed by atoms with Crippen LogP contribution >= 0.6 is 0 Å². The molecule has 208 valence electrons. The molecule has 0 saturated carbocycles. The van der Waals surface area contributed by atoms with Crippen LogP contribution < -0.4 is 4.74 Å². The van der Waals surface area contributed by atoms with Gasteiger partial charge in [0.05, 0.1) is 36.1 Å². The summed E-state index contributed by atoms with van der Waals surface area (Å²) in [5.41, 5.74) is -0.128. The lowest BCUT2D eigenvalue weighted by Crippen LogP contribution is -2.55. The minimum Gasteiger partial charge on any atom is -0.491 e. The van der Waals surface area contributed by atoms with Crippen molar-refractivity contribution < 1.29 is 24.1 Å². The Kier molecular flexibility index (Phi) is 12.1. The largest absolute Gasteiger partial charge is 0.491 e. The lowest BCUT2D eigenvalue weighted by atomic mass is 9.72. The Morgan fingerprint density at radius 1 is 0.838 bits per heavy atom. The van der Waals surface area contributed by atoms with Gasteiger partial charge in [-0.3, -0.25) is 0 Å². The van der Waals surface area contributed by atoms with Crippen molar-refractivity contribution in [2.24, 2.45) is 5.41 Å². The maximum atomic E-state index is 10.2. The molecule has 2 unspecified atom stereocenters. The van der Waals surface area contributed by atoms with E-state index >= 15 is 0 Å². The van der Waals surface area contributed by atoms with Crippen LogP contribution in [0.4, 0.5) is 0 Å². The molecule has 0 heterocycles. The molecular weight excluding hydrogens is 464 g/mol. The molecule has 0 aliphatic rings. The first-order chi connectivity index (χ1) is 17.4. The third-order valence-electron chi connectivity index (χ3n) is 7.27. The third-order valence-corrected chi connectivity index (χ3v) is 7.27. The van der Waals surface area contributed by atoms with Crippen molar-refractivity contribution >= 4 is 0 Å². The molecule has 0 spiro atoms. The van der Waals surface area contributed by atoms with Gasteiger partial charge in [-0.1, -0.05) is 62.4 Å². The molecule has 0 radical (unpaired) electrons. The SMILES string of the molecule is CC(C)OC(COc1ccccc1)C(C)(C)C(C)(C)OC(CO)CC(C)(C)OCCCc1ccccc1. The summed E-state index contributed by atoms with van der Waals surface area (Å²) in [6, 6.07) is 20.3. The van der Waals surface area contributed by atoms with Crippen molar-refractivity contribution in [3.8, 4) is 5.75 Å². The van der Waals surface area contributed by atoms with E-state index in [4.69, 9.17) is 18.9 Å². The second-order valence-corrected chi connectivity index (χ2v) is 11.9. The predicted molar refractivity (Wildman–Crippen MR) is 151 cm³/mol. The summed E-state index contributed by atoms with van der Waals surface area (Å²) in [5, 5.41) is 10.2. The molecule has 2 aromatic carbocycles. The second-order valence-electron chi connectivity index (χ2n) is 11.9. The Labute approximate surface area is 225 Å². The van der Waals surface area contributed by atoms with Crippen LogP contribution in [0.1, 0.15) is 73.8 Å². The molecule has 0 amide bonds. The van der Waals surface area contributed by atoms with Crippen molar-refractivity contribution in [3.63, 3.8) is 0 Å². The van der Waals surface area contributed by atoms with Gasteiger partial charge in [-0.25, -0.2) is 0 Å². The molecule has 37 heavy (non-hydrogen) atoms. The van der Waals surface area contributed by atoms with Crippen LogP contribution in [0.2, 0.25) is 0 Å². The molecule has 2 aromatic rings. The number of hydrogen-bond acceptors (Lipinski definition) is 5. The summed E-state index contributed by atoms with van der Waals surface area (Å²) in [4.78, 5) is 0. The van der Waals surface area contributed by atoms with E-state index in [-0.39, 0.29) is 24.9 Å². The number of benzene rings is 2. The average Bonchev–Trinajstić information content (AvgIpc) is 2.84. The van der Waals surface area contributed by atoms with E-state index in [2.05, 4.69) is 65.8 Å². The van der Waals surface area contributed by atoms with E-state index in [0.29, 0.717) is 19.6 Å². The Balaban J connectivity index is 1.99. The van der Waals surface area contributed by atoms with Crippen LogP contribution in [0.5, 0.6) is 5.75 Å². The number of rotatable bonds is 17. The molecule has 0 aliphatic heterocycles. The molecule has 0 bridgehead atoms. The summed E-state index contributed by atoms with van der Waals surface area (Å²) in [5.74, 6) is 0.814. The van der Waals surface area contributed by atoms with Crippen LogP contribution in [0.3, 0.4) is 0 Å². The third kappa shape index (κ3) is 10.4. The number of aliphatic hydroxyl groups excluding tert-OH is 1. The summed E-state index contributed by atoms with van der Waals surface area (Å²) in [7, 11) is 0. The highest BCUT2D eigenvalue weighted by molar-refractivity contribution is 5.21. The molecule has 2 rings (SSSR count). The van der Waals surface area contributed by atoms with Gasteiger partial charge >= 0.3 is 0 Å². The van der Waals surface area contributed by atoms with Gasteiger partial charge in [-0.15, -0.1) is 0 Å². The lowest BCUT2D eigenvalue weighted by Gasteiger charge is -2.48. The monoisotopic (exact) mass is 514 g/mol. The van der Waals surface area contributed by atoms with Gasteiger partial charge in [0, 0.05) is 18.4 Å². The summed E-state index contributed by atoms with van der Waals surface area (Å²) < 4.78 is 25.3. The minimum absolute atomic E-state index is 0.0382. The van der Waals surface area contributed by atoms with Gasteiger partial charge in [-0.05, 0) is 72.1 Å². The van der Waals surface area contributed by atoms with Gasteiger partial charge in [0.1, 0.15) is 12.4 Å². The highest BCUT2D eigenvalue weighted by Crippen LogP contribution is 2.41. The molecule has 5 nitrogen and oxygen atoms in total. The average molecular weight is 515 g/mol. The van der Waals surface area contributed by atoms with Crippen molar-refractivity contribution in [1.82, 2.24) is 0 Å². The van der Waals surface area contributed by atoms with Crippen molar-refractivity contribution in [1.29, 1.82) is 0 Å². The first kappa shape index (κ1) is 31.3. The number of ether oxygens (including phenoxy) is 4. The first-order valence-electron chi connectivity index (χ1n) is 13.7. The number of hydrogen-bond donors (Lipinski definition) is 1. The van der Waals surface area contributed by atoms with Crippen molar-refractivity contribution in [3.05, 3.63) is 66.2 Å². The first-order valence-corrected chi connectivity index (χ1v) is 13.7. The Morgan fingerprint density at radius 2 is 1.43 bits per heavy atom. The number of para-hydroxylation sites is 1. The molecule has 0 aliphatic carbocycles. The van der Waals surface area contributed by atoms with Gasteiger partial charge in [0.2, 0.25) is 0 Å². The quantitative estimate of drug-likeness (QED) is 0.234. The maximum Gasteiger partial charge on any atom is 0.119 e. The second kappa shape index (κ2) is 14.3. The fraction of sp³-hybridized carbons (Fsp3) is 0.625. The molecule has 0 saturated heterocycles. The van der Waals surface area contributed by atoms with E-state index in [0.717, 1.165) is 18.6 Å². The van der Waals surface area contributed by atoms with E-state index in [1.165, 1.54) is 5.56 Å². The number of aliphatic hydroxyl groups is 1. The predicted octanol–water partition coefficient (Wildman–Crippen LogP) is 6.86. The Bertz CT molecular complexity index is 877.